The highest BCUT2D eigenvalue weighted by Gasteiger charge is 2.12. The molecule has 114 valence electrons. The molecule has 4 heteroatoms. The first-order valence-corrected chi connectivity index (χ1v) is 7.54. The highest BCUT2D eigenvalue weighted by Crippen LogP contribution is 2.26. The Kier molecular flexibility index (Phi) is 3.15. The molecule has 0 fully saturated rings. The number of hydrogen-bond acceptors (Lipinski definition) is 2. The van der Waals surface area contributed by atoms with Gasteiger partial charge in [-0.1, -0.05) is 30.3 Å². The summed E-state index contributed by atoms with van der Waals surface area (Å²) in [5.74, 6) is 1.83. The van der Waals surface area contributed by atoms with Crippen molar-refractivity contribution in [3.63, 3.8) is 0 Å². The van der Waals surface area contributed by atoms with Gasteiger partial charge in [0, 0.05) is 11.8 Å². The van der Waals surface area contributed by atoms with Gasteiger partial charge in [0.15, 0.2) is 0 Å². The Morgan fingerprint density at radius 3 is 2.35 bits per heavy atom. The molecule has 0 aliphatic heterocycles. The van der Waals surface area contributed by atoms with Crippen LogP contribution in [0, 0.1) is 6.92 Å². The van der Waals surface area contributed by atoms with Crippen molar-refractivity contribution in [1.82, 2.24) is 14.2 Å². The van der Waals surface area contributed by atoms with Gasteiger partial charge in [0.2, 0.25) is 0 Å². The van der Waals surface area contributed by atoms with Gasteiger partial charge in [-0.3, -0.25) is 4.40 Å². The molecule has 23 heavy (non-hydrogen) atoms. The summed E-state index contributed by atoms with van der Waals surface area (Å²) in [5, 5.41) is 4.64. The van der Waals surface area contributed by atoms with Gasteiger partial charge in [0.05, 0.1) is 12.8 Å². The van der Waals surface area contributed by atoms with Crippen LogP contribution in [0.2, 0.25) is 0 Å². The fourth-order valence-corrected chi connectivity index (χ4v) is 2.82. The SMILES string of the molecule is COc1ccc(-c2cc3n(-c4ccccc4)nc(C)n3c2)cc1. The first-order valence-electron chi connectivity index (χ1n) is 7.54. The van der Waals surface area contributed by atoms with Crippen LogP contribution in [0.1, 0.15) is 5.82 Å². The highest BCUT2D eigenvalue weighted by atomic mass is 16.5. The minimum absolute atomic E-state index is 0.865. The van der Waals surface area contributed by atoms with E-state index in [2.05, 4.69) is 46.0 Å². The third-order valence-corrected chi connectivity index (χ3v) is 4.03. The van der Waals surface area contributed by atoms with E-state index in [1.165, 1.54) is 0 Å². The van der Waals surface area contributed by atoms with Gasteiger partial charge in [0.25, 0.3) is 0 Å². The van der Waals surface area contributed by atoms with Gasteiger partial charge in [-0.25, -0.2) is 4.68 Å². The maximum absolute atomic E-state index is 5.23. The molecule has 2 aromatic carbocycles. The third-order valence-electron chi connectivity index (χ3n) is 4.03. The summed E-state index contributed by atoms with van der Waals surface area (Å²) in [6, 6.07) is 20.5. The lowest BCUT2D eigenvalue weighted by Gasteiger charge is -2.02. The van der Waals surface area contributed by atoms with Gasteiger partial charge >= 0.3 is 0 Å². The Hall–Kier alpha value is -3.01. The number of para-hydroxylation sites is 1. The Morgan fingerprint density at radius 1 is 0.913 bits per heavy atom. The summed E-state index contributed by atoms with van der Waals surface area (Å²) in [5.41, 5.74) is 4.44. The van der Waals surface area contributed by atoms with E-state index in [0.29, 0.717) is 0 Å². The van der Waals surface area contributed by atoms with E-state index in [1.54, 1.807) is 7.11 Å². The zero-order chi connectivity index (χ0) is 15.8. The lowest BCUT2D eigenvalue weighted by molar-refractivity contribution is 0.415. The molecular formula is C19H17N3O. The van der Waals surface area contributed by atoms with E-state index >= 15 is 0 Å². The van der Waals surface area contributed by atoms with Crippen LogP contribution in [0.5, 0.6) is 5.75 Å². The average molecular weight is 303 g/mol. The monoisotopic (exact) mass is 303 g/mol. The molecule has 4 aromatic rings. The molecule has 0 saturated heterocycles. The van der Waals surface area contributed by atoms with Crippen LogP contribution in [-0.2, 0) is 0 Å². The second-order valence-corrected chi connectivity index (χ2v) is 5.48. The first-order chi connectivity index (χ1) is 11.3. The molecule has 0 bridgehead atoms. The lowest BCUT2D eigenvalue weighted by atomic mass is 10.1. The number of hydrogen-bond donors (Lipinski definition) is 0. The lowest BCUT2D eigenvalue weighted by Crippen LogP contribution is -1.95. The molecule has 0 aliphatic rings. The van der Waals surface area contributed by atoms with Crippen molar-refractivity contribution >= 4 is 5.65 Å². The molecule has 0 unspecified atom stereocenters. The summed E-state index contributed by atoms with van der Waals surface area (Å²) < 4.78 is 9.32. The van der Waals surface area contributed by atoms with E-state index in [0.717, 1.165) is 34.0 Å². The second kappa shape index (κ2) is 5.32. The molecule has 0 amide bonds. The van der Waals surface area contributed by atoms with Gasteiger partial charge in [-0.05, 0) is 42.8 Å². The number of aromatic nitrogens is 3. The molecule has 0 spiro atoms. The minimum Gasteiger partial charge on any atom is -0.497 e. The predicted octanol–water partition coefficient (Wildman–Crippen LogP) is 4.11. The smallest absolute Gasteiger partial charge is 0.140 e. The van der Waals surface area contributed by atoms with Gasteiger partial charge < -0.3 is 4.74 Å². The Bertz CT molecular complexity index is 950. The molecule has 0 radical (unpaired) electrons. The van der Waals surface area contributed by atoms with E-state index in [4.69, 9.17) is 4.74 Å². The Morgan fingerprint density at radius 2 is 1.65 bits per heavy atom. The van der Waals surface area contributed by atoms with Crippen molar-refractivity contribution in [3.05, 3.63) is 72.7 Å². The third kappa shape index (κ3) is 2.28. The van der Waals surface area contributed by atoms with Crippen molar-refractivity contribution in [2.75, 3.05) is 7.11 Å². The van der Waals surface area contributed by atoms with Crippen LogP contribution in [-0.4, -0.2) is 21.3 Å². The van der Waals surface area contributed by atoms with Gasteiger partial charge in [-0.2, -0.15) is 5.10 Å². The van der Waals surface area contributed by atoms with Crippen molar-refractivity contribution in [2.24, 2.45) is 0 Å². The number of benzene rings is 2. The summed E-state index contributed by atoms with van der Waals surface area (Å²) >= 11 is 0. The summed E-state index contributed by atoms with van der Waals surface area (Å²) in [6.45, 7) is 2.02. The molecule has 0 atom stereocenters. The topological polar surface area (TPSA) is 31.5 Å². The quantitative estimate of drug-likeness (QED) is 0.570. The fraction of sp³-hybridized carbons (Fsp3) is 0.105. The summed E-state index contributed by atoms with van der Waals surface area (Å²) in [6.07, 6.45) is 2.12. The second-order valence-electron chi connectivity index (χ2n) is 5.48. The van der Waals surface area contributed by atoms with Gasteiger partial charge in [-0.15, -0.1) is 0 Å². The summed E-state index contributed by atoms with van der Waals surface area (Å²) in [7, 11) is 1.68. The number of nitrogens with zero attached hydrogens (tertiary/aromatic N) is 3. The van der Waals surface area contributed by atoms with Crippen molar-refractivity contribution in [2.45, 2.75) is 6.92 Å². The zero-order valence-electron chi connectivity index (χ0n) is 13.1. The molecule has 0 aliphatic carbocycles. The molecule has 4 nitrogen and oxygen atoms in total. The molecule has 2 heterocycles. The molecular weight excluding hydrogens is 286 g/mol. The normalized spacial score (nSPS) is 11.0. The van der Waals surface area contributed by atoms with Crippen LogP contribution in [0.25, 0.3) is 22.5 Å². The standard InChI is InChI=1S/C19H17N3O/c1-14-20-22(17-6-4-3-5-7-17)19-12-16(13-21(14)19)15-8-10-18(23-2)11-9-15/h3-13H,1-2H3. The van der Waals surface area contributed by atoms with Crippen LogP contribution >= 0.6 is 0 Å². The van der Waals surface area contributed by atoms with E-state index in [9.17, 15) is 0 Å². The highest BCUT2D eigenvalue weighted by molar-refractivity contribution is 5.70. The van der Waals surface area contributed by atoms with Crippen LogP contribution in [0.3, 0.4) is 0 Å². The minimum atomic E-state index is 0.865. The number of aryl methyl sites for hydroxylation is 1. The van der Waals surface area contributed by atoms with E-state index in [1.807, 2.05) is 41.9 Å². The maximum Gasteiger partial charge on any atom is 0.140 e. The summed E-state index contributed by atoms with van der Waals surface area (Å²) in [4.78, 5) is 0. The number of rotatable bonds is 3. The maximum atomic E-state index is 5.23. The van der Waals surface area contributed by atoms with Crippen molar-refractivity contribution in [1.29, 1.82) is 0 Å². The van der Waals surface area contributed by atoms with Crippen molar-refractivity contribution < 1.29 is 4.74 Å². The van der Waals surface area contributed by atoms with E-state index < -0.39 is 0 Å². The first kappa shape index (κ1) is 13.6. The fourth-order valence-electron chi connectivity index (χ4n) is 2.82. The Balaban J connectivity index is 1.84. The Labute approximate surface area is 134 Å². The van der Waals surface area contributed by atoms with Crippen LogP contribution in [0.15, 0.2) is 66.9 Å². The molecule has 0 N–H and O–H groups in total. The number of fused-ring (bicyclic) bond motifs is 1. The molecule has 0 saturated carbocycles. The van der Waals surface area contributed by atoms with Crippen LogP contribution in [0.4, 0.5) is 0 Å². The zero-order valence-corrected chi connectivity index (χ0v) is 13.1. The van der Waals surface area contributed by atoms with E-state index in [-0.39, 0.29) is 0 Å². The number of ether oxygens (including phenoxy) is 1. The molecule has 2 aromatic heterocycles. The average Bonchev–Trinajstić information content (AvgIpc) is 3.17. The predicted molar refractivity (Wildman–Crippen MR) is 91.2 cm³/mol. The largest absolute Gasteiger partial charge is 0.497 e. The molecule has 4 rings (SSSR count). The van der Waals surface area contributed by atoms with Gasteiger partial charge in [0.1, 0.15) is 17.2 Å². The van der Waals surface area contributed by atoms with Crippen molar-refractivity contribution in [3.8, 4) is 22.6 Å². The van der Waals surface area contributed by atoms with Crippen LogP contribution < -0.4 is 4.74 Å². The number of methoxy groups -OCH3 is 1.